The van der Waals surface area contributed by atoms with E-state index in [1.165, 1.54) is 12.8 Å². The van der Waals surface area contributed by atoms with Gasteiger partial charge in [0.25, 0.3) is 0 Å². The highest BCUT2D eigenvalue weighted by Gasteiger charge is 2.06. The molecule has 0 aliphatic carbocycles. The van der Waals surface area contributed by atoms with Crippen molar-refractivity contribution in [2.45, 2.75) is 52.6 Å². The van der Waals surface area contributed by atoms with Crippen LogP contribution in [0.4, 0.5) is 0 Å². The van der Waals surface area contributed by atoms with Crippen molar-refractivity contribution in [3.8, 4) is 11.5 Å². The van der Waals surface area contributed by atoms with E-state index in [4.69, 9.17) is 4.74 Å². The van der Waals surface area contributed by atoms with E-state index < -0.39 is 0 Å². The van der Waals surface area contributed by atoms with E-state index in [1.54, 1.807) is 6.07 Å². The SMILES string of the molecule is CCCC(CC)NCc1ccc(O)c(OCC)c1. The van der Waals surface area contributed by atoms with Gasteiger partial charge in [-0.2, -0.15) is 0 Å². The van der Waals surface area contributed by atoms with Gasteiger partial charge in [0.2, 0.25) is 0 Å². The summed E-state index contributed by atoms with van der Waals surface area (Å²) in [5, 5.41) is 13.2. The third kappa shape index (κ3) is 4.57. The number of phenols is 1. The predicted molar refractivity (Wildman–Crippen MR) is 75.1 cm³/mol. The molecule has 0 aromatic heterocycles. The Bertz CT molecular complexity index is 352. The molecule has 0 saturated carbocycles. The van der Waals surface area contributed by atoms with Crippen LogP contribution in [0.15, 0.2) is 18.2 Å². The summed E-state index contributed by atoms with van der Waals surface area (Å²) in [5.74, 6) is 0.779. The van der Waals surface area contributed by atoms with Gasteiger partial charge >= 0.3 is 0 Å². The first-order chi connectivity index (χ1) is 8.71. The average molecular weight is 251 g/mol. The van der Waals surface area contributed by atoms with Crippen LogP contribution < -0.4 is 10.1 Å². The van der Waals surface area contributed by atoms with Gasteiger partial charge in [0.05, 0.1) is 6.61 Å². The van der Waals surface area contributed by atoms with Crippen molar-refractivity contribution in [3.63, 3.8) is 0 Å². The van der Waals surface area contributed by atoms with Gasteiger partial charge in [-0.05, 0) is 37.5 Å². The first kappa shape index (κ1) is 14.8. The van der Waals surface area contributed by atoms with Crippen LogP contribution in [-0.2, 0) is 6.54 Å². The number of hydrogen-bond acceptors (Lipinski definition) is 3. The molecule has 0 fully saturated rings. The largest absolute Gasteiger partial charge is 0.504 e. The molecule has 2 N–H and O–H groups in total. The van der Waals surface area contributed by atoms with Gasteiger partial charge in [0.1, 0.15) is 0 Å². The lowest BCUT2D eigenvalue weighted by Gasteiger charge is -2.16. The minimum absolute atomic E-state index is 0.209. The molecule has 102 valence electrons. The van der Waals surface area contributed by atoms with Crippen molar-refractivity contribution in [3.05, 3.63) is 23.8 Å². The van der Waals surface area contributed by atoms with Crippen molar-refractivity contribution in [1.29, 1.82) is 0 Å². The van der Waals surface area contributed by atoms with Gasteiger partial charge in [-0.15, -0.1) is 0 Å². The number of aromatic hydroxyl groups is 1. The van der Waals surface area contributed by atoms with E-state index in [-0.39, 0.29) is 5.75 Å². The quantitative estimate of drug-likeness (QED) is 0.743. The number of phenolic OH excluding ortho intramolecular Hbond substituents is 1. The van der Waals surface area contributed by atoms with E-state index in [0.717, 1.165) is 18.5 Å². The summed E-state index contributed by atoms with van der Waals surface area (Å²) in [6.45, 7) is 7.71. The van der Waals surface area contributed by atoms with Crippen LogP contribution in [0.3, 0.4) is 0 Å². The first-order valence-corrected chi connectivity index (χ1v) is 6.89. The Hall–Kier alpha value is -1.22. The summed E-state index contributed by atoms with van der Waals surface area (Å²) < 4.78 is 5.38. The molecule has 0 spiro atoms. The van der Waals surface area contributed by atoms with Gasteiger partial charge in [0, 0.05) is 12.6 Å². The maximum Gasteiger partial charge on any atom is 0.161 e. The Kier molecular flexibility index (Phi) is 6.58. The zero-order chi connectivity index (χ0) is 13.4. The molecule has 1 aromatic rings. The van der Waals surface area contributed by atoms with Crippen LogP contribution in [0.1, 0.15) is 45.6 Å². The Morgan fingerprint density at radius 1 is 1.28 bits per heavy atom. The van der Waals surface area contributed by atoms with Gasteiger partial charge < -0.3 is 15.2 Å². The molecular formula is C15H25NO2. The lowest BCUT2D eigenvalue weighted by Crippen LogP contribution is -2.27. The minimum Gasteiger partial charge on any atom is -0.504 e. The zero-order valence-corrected chi connectivity index (χ0v) is 11.7. The molecule has 0 radical (unpaired) electrons. The second-order valence-corrected chi connectivity index (χ2v) is 4.51. The number of rotatable bonds is 8. The van der Waals surface area contributed by atoms with Crippen molar-refractivity contribution >= 4 is 0 Å². The van der Waals surface area contributed by atoms with Crippen LogP contribution in [0, 0.1) is 0 Å². The summed E-state index contributed by atoms with van der Waals surface area (Å²) in [6, 6.07) is 6.11. The molecule has 3 heteroatoms. The van der Waals surface area contributed by atoms with Crippen LogP contribution in [-0.4, -0.2) is 17.8 Å². The fourth-order valence-corrected chi connectivity index (χ4v) is 2.00. The van der Waals surface area contributed by atoms with Gasteiger partial charge in [-0.3, -0.25) is 0 Å². The summed E-state index contributed by atoms with van der Waals surface area (Å²) in [5.41, 5.74) is 1.14. The van der Waals surface area contributed by atoms with E-state index in [0.29, 0.717) is 18.4 Å². The van der Waals surface area contributed by atoms with E-state index in [2.05, 4.69) is 19.2 Å². The third-order valence-corrected chi connectivity index (χ3v) is 3.05. The highest BCUT2D eigenvalue weighted by atomic mass is 16.5. The topological polar surface area (TPSA) is 41.5 Å². The Labute approximate surface area is 110 Å². The molecule has 0 aliphatic rings. The average Bonchev–Trinajstić information content (AvgIpc) is 2.38. The molecule has 0 bridgehead atoms. The van der Waals surface area contributed by atoms with E-state index >= 15 is 0 Å². The van der Waals surface area contributed by atoms with Gasteiger partial charge in [0.15, 0.2) is 11.5 Å². The smallest absolute Gasteiger partial charge is 0.161 e. The fourth-order valence-electron chi connectivity index (χ4n) is 2.00. The molecule has 1 unspecified atom stereocenters. The zero-order valence-electron chi connectivity index (χ0n) is 11.7. The molecule has 0 heterocycles. The molecule has 0 amide bonds. The van der Waals surface area contributed by atoms with E-state index in [1.807, 2.05) is 19.1 Å². The first-order valence-electron chi connectivity index (χ1n) is 6.89. The Balaban J connectivity index is 2.58. The van der Waals surface area contributed by atoms with Crippen molar-refractivity contribution < 1.29 is 9.84 Å². The lowest BCUT2D eigenvalue weighted by atomic mass is 10.1. The molecule has 1 atom stereocenters. The molecule has 1 aromatic carbocycles. The predicted octanol–water partition coefficient (Wildman–Crippen LogP) is 3.46. The molecule has 3 nitrogen and oxygen atoms in total. The molecule has 0 aliphatic heterocycles. The fraction of sp³-hybridized carbons (Fsp3) is 0.600. The summed E-state index contributed by atoms with van der Waals surface area (Å²) in [7, 11) is 0. The standard InChI is InChI=1S/C15H25NO2/c1-4-7-13(5-2)16-11-12-8-9-14(17)15(10-12)18-6-3/h8-10,13,16-17H,4-7,11H2,1-3H3. The molecular weight excluding hydrogens is 226 g/mol. The minimum atomic E-state index is 0.209. The maximum absolute atomic E-state index is 9.63. The van der Waals surface area contributed by atoms with Crippen LogP contribution in [0.2, 0.25) is 0 Å². The second-order valence-electron chi connectivity index (χ2n) is 4.51. The number of ether oxygens (including phenoxy) is 1. The summed E-state index contributed by atoms with van der Waals surface area (Å²) in [4.78, 5) is 0. The maximum atomic E-state index is 9.63. The monoisotopic (exact) mass is 251 g/mol. The molecule has 0 saturated heterocycles. The van der Waals surface area contributed by atoms with Crippen molar-refractivity contribution in [2.75, 3.05) is 6.61 Å². The normalized spacial score (nSPS) is 12.4. The number of benzene rings is 1. The summed E-state index contributed by atoms with van der Waals surface area (Å²) in [6.07, 6.45) is 3.54. The second kappa shape index (κ2) is 7.98. The highest BCUT2D eigenvalue weighted by Crippen LogP contribution is 2.26. The van der Waals surface area contributed by atoms with Crippen molar-refractivity contribution in [1.82, 2.24) is 5.32 Å². The van der Waals surface area contributed by atoms with Crippen LogP contribution >= 0.6 is 0 Å². The molecule has 1 rings (SSSR count). The summed E-state index contributed by atoms with van der Waals surface area (Å²) >= 11 is 0. The van der Waals surface area contributed by atoms with Crippen LogP contribution in [0.25, 0.3) is 0 Å². The number of nitrogens with one attached hydrogen (secondary N) is 1. The molecule has 18 heavy (non-hydrogen) atoms. The number of hydrogen-bond donors (Lipinski definition) is 2. The van der Waals surface area contributed by atoms with Gasteiger partial charge in [-0.25, -0.2) is 0 Å². The Morgan fingerprint density at radius 3 is 2.67 bits per heavy atom. The van der Waals surface area contributed by atoms with Gasteiger partial charge in [-0.1, -0.05) is 26.3 Å². The van der Waals surface area contributed by atoms with Crippen molar-refractivity contribution in [2.24, 2.45) is 0 Å². The highest BCUT2D eigenvalue weighted by molar-refractivity contribution is 5.41. The lowest BCUT2D eigenvalue weighted by molar-refractivity contribution is 0.317. The van der Waals surface area contributed by atoms with E-state index in [9.17, 15) is 5.11 Å². The van der Waals surface area contributed by atoms with Crippen LogP contribution in [0.5, 0.6) is 11.5 Å². The third-order valence-electron chi connectivity index (χ3n) is 3.05. The Morgan fingerprint density at radius 2 is 2.06 bits per heavy atom.